The van der Waals surface area contributed by atoms with Crippen LogP contribution in [0.2, 0.25) is 0 Å². The molecule has 2 aliphatic heterocycles. The number of ether oxygens (including phenoxy) is 5. The molecule has 8 rings (SSSR count). The van der Waals surface area contributed by atoms with Gasteiger partial charge in [0, 0.05) is 34.4 Å². The second-order valence-corrected chi connectivity index (χ2v) is 21.3. The molecule has 91 heavy (non-hydrogen) atoms. The lowest BCUT2D eigenvalue weighted by atomic mass is 9.62. The van der Waals surface area contributed by atoms with Crippen molar-refractivity contribution in [3.05, 3.63) is 88.0 Å². The standard InChI is InChI=1S/C48H56N2O41/c1-87-21-9-16-19(11-22(21)88-2)34(59,60)32(57,30(16)55)39(67,68)37(65)41(71,72)45(79,80)49(46(81,82)42(37,73)74)13-18-25(51)27(53)29(28(54)26(18)52)91-14-90-24-10-17-20(12-23(24)89-3)35(61,62)33(58,31(17)56)40(69,70)38(66)43(75,76)47(83,84)50(48(85,86)44(38,77)78)36(63,64)15-7-5-4-6-8-15/h4-12,51-54,57-86H,13-14H2,1-3H3. The summed E-state index contributed by atoms with van der Waals surface area (Å²) in [5.41, 5.74) is -31.5. The molecule has 0 spiro atoms. The molecule has 2 saturated heterocycles. The summed E-state index contributed by atoms with van der Waals surface area (Å²) in [5, 5.41) is 383. The molecule has 2 fully saturated rings. The fraction of sp³-hybridized carbons (Fsp3) is 0.458. The highest BCUT2D eigenvalue weighted by atomic mass is 16.7. The number of likely N-dealkylation sites (tertiary alicyclic amines) is 2. The Morgan fingerprint density at radius 1 is 0.429 bits per heavy atom. The number of carbonyl (C=O) groups is 2. The number of aliphatic hydroxyl groups is 30. The van der Waals surface area contributed by atoms with E-state index in [1.165, 1.54) is 0 Å². The number of methoxy groups -OCH3 is 3. The number of aromatic hydroxyl groups is 4. The van der Waals surface area contributed by atoms with E-state index in [-0.39, 0.29) is 12.1 Å². The molecule has 43 nitrogen and oxygen atoms in total. The summed E-state index contributed by atoms with van der Waals surface area (Å²) in [5.74, 6) is -89.6. The van der Waals surface area contributed by atoms with Gasteiger partial charge in [-0.25, -0.2) is 0 Å². The summed E-state index contributed by atoms with van der Waals surface area (Å²) in [4.78, 5) is 25.0. The van der Waals surface area contributed by atoms with Crippen LogP contribution in [0.4, 0.5) is 0 Å². The van der Waals surface area contributed by atoms with E-state index in [2.05, 4.69) is 0 Å². The second kappa shape index (κ2) is 19.8. The predicted octanol–water partition coefficient (Wildman–Crippen LogP) is -16.2. The van der Waals surface area contributed by atoms with Gasteiger partial charge in [0.05, 0.1) is 26.9 Å². The van der Waals surface area contributed by atoms with Gasteiger partial charge in [0.2, 0.25) is 81.2 Å². The molecule has 0 saturated carbocycles. The predicted molar refractivity (Wildman–Crippen MR) is 264 cm³/mol. The Morgan fingerprint density at radius 3 is 1.12 bits per heavy atom. The highest BCUT2D eigenvalue weighted by Crippen LogP contribution is 2.65. The number of carbonyl (C=O) groups excluding carboxylic acids is 2. The van der Waals surface area contributed by atoms with Gasteiger partial charge < -0.3 is 197 Å². The van der Waals surface area contributed by atoms with Crippen LogP contribution < -0.4 is 23.7 Å². The minimum Gasteiger partial charge on any atom is -0.504 e. The second-order valence-electron chi connectivity index (χ2n) is 21.3. The summed E-state index contributed by atoms with van der Waals surface area (Å²) in [7, 11) is 2.54. The van der Waals surface area contributed by atoms with Crippen molar-refractivity contribution >= 4 is 11.6 Å². The molecule has 4 aromatic rings. The van der Waals surface area contributed by atoms with Gasteiger partial charge >= 0.3 is 0 Å². The molecule has 2 atom stereocenters. The lowest BCUT2D eigenvalue weighted by Crippen LogP contribution is -3.00. The number of rotatable bonds is 15. The van der Waals surface area contributed by atoms with E-state index in [1.807, 2.05) is 0 Å². The molecule has 2 aliphatic carbocycles. The van der Waals surface area contributed by atoms with Crippen molar-refractivity contribution in [3.8, 4) is 51.7 Å². The molecule has 0 aromatic heterocycles. The number of phenols is 4. The maximum atomic E-state index is 14.2. The number of piperidine rings is 2. The highest BCUT2D eigenvalue weighted by Gasteiger charge is 2.97. The first-order valence-electron chi connectivity index (χ1n) is 24.6. The van der Waals surface area contributed by atoms with E-state index in [1.54, 1.807) is 0 Å². The van der Waals surface area contributed by atoms with Crippen LogP contribution in [0, 0.1) is 0 Å². The van der Waals surface area contributed by atoms with Crippen molar-refractivity contribution in [3.63, 3.8) is 0 Å². The molecular formula is C48H56N2O41. The largest absolute Gasteiger partial charge is 0.504 e. The van der Waals surface area contributed by atoms with E-state index >= 15 is 0 Å². The first-order chi connectivity index (χ1) is 40.9. The number of fused-ring (bicyclic) bond motifs is 2. The lowest BCUT2D eigenvalue weighted by Gasteiger charge is -2.67. The van der Waals surface area contributed by atoms with Crippen LogP contribution in [0.3, 0.4) is 0 Å². The van der Waals surface area contributed by atoms with E-state index in [4.69, 9.17) is 23.7 Å². The van der Waals surface area contributed by atoms with Crippen LogP contribution in [-0.4, -0.2) is 304 Å². The van der Waals surface area contributed by atoms with Gasteiger partial charge in [-0.05, 0) is 24.3 Å². The maximum absolute atomic E-state index is 14.2. The smallest absolute Gasteiger partial charge is 0.294 e. The average molecular weight is 1320 g/mol. The van der Waals surface area contributed by atoms with Crippen LogP contribution in [0.5, 0.6) is 51.7 Å². The fourth-order valence-electron chi connectivity index (χ4n) is 11.4. The third-order valence-corrected chi connectivity index (χ3v) is 16.7. The highest BCUT2D eigenvalue weighted by molar-refractivity contribution is 6.10. The maximum Gasteiger partial charge on any atom is 0.294 e. The first kappa shape index (κ1) is 70.0. The van der Waals surface area contributed by atoms with Crippen LogP contribution in [-0.2, 0) is 24.0 Å². The third-order valence-electron chi connectivity index (χ3n) is 16.7. The summed E-state index contributed by atoms with van der Waals surface area (Å²) >= 11 is 0. The number of phenolic OH excluding ortho intramolecular Hbond substituents is 4. The monoisotopic (exact) mass is 1320 g/mol. The summed E-state index contributed by atoms with van der Waals surface area (Å²) < 4.78 is 25.0. The van der Waals surface area contributed by atoms with E-state index in [0.717, 1.165) is 32.4 Å². The summed E-state index contributed by atoms with van der Waals surface area (Å²) in [6, 6.07) is 5.51. The zero-order chi connectivity index (χ0) is 69.8. The molecule has 4 aromatic carbocycles. The van der Waals surface area contributed by atoms with E-state index in [0.29, 0.717) is 31.4 Å². The Hall–Kier alpha value is -6.86. The van der Waals surface area contributed by atoms with Gasteiger partial charge in [-0.15, -0.1) is 4.90 Å². The SMILES string of the molecule is COc1cc2c(cc1OC)C(O)(O)C(O)(C(O)(O)C1(O)C(O)(O)C(O)(O)N(Cc3c(O)c(O)c(OCOc4cc5c(cc4OC)C(O)(O)C(O)(C(O)(O)C4(O)C(O)(O)C(O)(O)N(C(O)(O)c6ccccc6)C(O)(O)C4(O)O)C5=O)c(O)c3O)C(O)(O)C1(O)O)C2=O. The minimum atomic E-state index is -6.13. The Morgan fingerprint density at radius 2 is 0.758 bits per heavy atom. The minimum absolute atomic E-state index is 0.157. The van der Waals surface area contributed by atoms with Crippen molar-refractivity contribution in [2.45, 2.75) is 105 Å². The first-order valence-corrected chi connectivity index (χ1v) is 24.6. The van der Waals surface area contributed by atoms with Crippen molar-refractivity contribution in [2.75, 3.05) is 28.1 Å². The molecular weight excluding hydrogens is 1260 g/mol. The number of hydrogen-bond acceptors (Lipinski definition) is 43. The number of hydrogen-bond donors (Lipinski definition) is 34. The number of ketones is 2. The van der Waals surface area contributed by atoms with Gasteiger partial charge in [-0.3, -0.25) is 9.59 Å². The zero-order valence-electron chi connectivity index (χ0n) is 45.6. The van der Waals surface area contributed by atoms with Crippen molar-refractivity contribution < 1.29 is 207 Å². The summed E-state index contributed by atoms with van der Waals surface area (Å²) in [6.07, 6.45) is 0. The van der Waals surface area contributed by atoms with Crippen LogP contribution in [0.1, 0.15) is 43.0 Å². The lowest BCUT2D eigenvalue weighted by molar-refractivity contribution is -0.650. The van der Waals surface area contributed by atoms with E-state index in [9.17, 15) is 183 Å². The molecule has 0 amide bonds. The van der Waals surface area contributed by atoms with Gasteiger partial charge in [0.15, 0.2) is 34.5 Å². The molecule has 2 heterocycles. The summed E-state index contributed by atoms with van der Waals surface area (Å²) in [6.45, 7) is -4.07. The quantitative estimate of drug-likeness (QED) is 0.0298. The van der Waals surface area contributed by atoms with Crippen molar-refractivity contribution in [2.24, 2.45) is 0 Å². The number of benzene rings is 4. The van der Waals surface area contributed by atoms with Crippen LogP contribution >= 0.6 is 0 Å². The van der Waals surface area contributed by atoms with Gasteiger partial charge in [-0.2, -0.15) is 4.90 Å². The molecule has 34 N–H and O–H groups in total. The Labute approximate surface area is 500 Å². The number of Topliss-reactive ketones (excluding diaryl/α,β-unsaturated/α-hetero) is 2. The molecule has 43 heteroatoms. The zero-order valence-corrected chi connectivity index (χ0v) is 45.6. The van der Waals surface area contributed by atoms with Gasteiger partial charge in [0.25, 0.3) is 52.7 Å². The molecule has 4 aliphatic rings. The van der Waals surface area contributed by atoms with Gasteiger partial charge in [-0.1, -0.05) is 30.3 Å². The average Bonchev–Trinajstić information content (AvgIpc) is 1.56. The van der Waals surface area contributed by atoms with Crippen LogP contribution in [0.25, 0.3) is 0 Å². The Balaban J connectivity index is 1.11. The van der Waals surface area contributed by atoms with Crippen molar-refractivity contribution in [1.82, 2.24) is 9.80 Å². The third kappa shape index (κ3) is 7.67. The number of nitrogens with zero attached hydrogens (tertiary/aromatic N) is 2. The fourth-order valence-corrected chi connectivity index (χ4v) is 11.4. The Kier molecular flexibility index (Phi) is 15.3. The normalized spacial score (nSPS) is 26.1. The topological polar surface area (TPSA) is 775 Å². The molecule has 0 radical (unpaired) electrons. The van der Waals surface area contributed by atoms with E-state index < -0.39 is 218 Å². The van der Waals surface area contributed by atoms with Crippen molar-refractivity contribution in [1.29, 1.82) is 0 Å². The molecule has 0 bridgehead atoms. The molecule has 504 valence electrons. The van der Waals surface area contributed by atoms with Crippen LogP contribution in [0.15, 0.2) is 54.6 Å². The van der Waals surface area contributed by atoms with Gasteiger partial charge in [0.1, 0.15) is 0 Å². The molecule has 2 unspecified atom stereocenters. The Bertz CT molecular complexity index is 3560.